The Bertz CT molecular complexity index is 199. The van der Waals surface area contributed by atoms with Crippen LogP contribution in [0.4, 0.5) is 8.78 Å². The van der Waals surface area contributed by atoms with Gasteiger partial charge in [-0.3, -0.25) is 4.90 Å². The first-order valence-corrected chi connectivity index (χ1v) is 4.19. The highest BCUT2D eigenvalue weighted by atomic mass is 19.3. The van der Waals surface area contributed by atoms with E-state index in [1.165, 1.54) is 0 Å². The minimum atomic E-state index is -1.48. The minimum Gasteiger partial charge on any atom is -0.294 e. The molecule has 0 N–H and O–H groups in total. The standard InChI is InChI=1S/C9H15F2N/c1-9(2,3)12-5-4-7(6-12)8(10)11/h4-6H2,1-3H3. The minimum absolute atomic E-state index is 0.0111. The van der Waals surface area contributed by atoms with E-state index >= 15 is 0 Å². The van der Waals surface area contributed by atoms with Crippen molar-refractivity contribution in [2.45, 2.75) is 32.7 Å². The van der Waals surface area contributed by atoms with Crippen molar-refractivity contribution in [2.24, 2.45) is 0 Å². The Kier molecular flexibility index (Phi) is 2.52. The highest BCUT2D eigenvalue weighted by Crippen LogP contribution is 2.26. The van der Waals surface area contributed by atoms with E-state index in [-0.39, 0.29) is 5.54 Å². The van der Waals surface area contributed by atoms with E-state index in [2.05, 4.69) is 4.90 Å². The molecule has 0 aliphatic carbocycles. The predicted octanol–water partition coefficient (Wildman–Crippen LogP) is 2.64. The number of rotatable bonds is 0. The van der Waals surface area contributed by atoms with Crippen LogP contribution in [0.2, 0.25) is 0 Å². The number of hydrogen-bond acceptors (Lipinski definition) is 1. The molecule has 1 aliphatic heterocycles. The second-order valence-electron chi connectivity index (χ2n) is 4.21. The molecule has 1 saturated heterocycles. The molecular weight excluding hydrogens is 160 g/mol. The Morgan fingerprint density at radius 2 is 1.92 bits per heavy atom. The Morgan fingerprint density at radius 3 is 2.17 bits per heavy atom. The number of likely N-dealkylation sites (tertiary alicyclic amines) is 1. The van der Waals surface area contributed by atoms with Crippen molar-refractivity contribution in [2.75, 3.05) is 13.1 Å². The van der Waals surface area contributed by atoms with E-state index in [0.717, 1.165) is 6.54 Å². The third kappa shape index (κ3) is 2.03. The van der Waals surface area contributed by atoms with E-state index in [9.17, 15) is 8.78 Å². The lowest BCUT2D eigenvalue weighted by Gasteiger charge is -2.30. The summed E-state index contributed by atoms with van der Waals surface area (Å²) in [6, 6.07) is 0. The molecule has 0 saturated carbocycles. The summed E-state index contributed by atoms with van der Waals surface area (Å²) >= 11 is 0. The molecular formula is C9H15F2N. The molecule has 0 atom stereocenters. The van der Waals surface area contributed by atoms with Crippen molar-refractivity contribution in [1.82, 2.24) is 4.90 Å². The fourth-order valence-electron chi connectivity index (χ4n) is 1.39. The Hall–Kier alpha value is -0.440. The maximum Gasteiger partial charge on any atom is 0.270 e. The molecule has 0 bridgehead atoms. The van der Waals surface area contributed by atoms with Crippen LogP contribution in [-0.4, -0.2) is 23.5 Å². The van der Waals surface area contributed by atoms with Crippen LogP contribution in [0.5, 0.6) is 0 Å². The van der Waals surface area contributed by atoms with Crippen LogP contribution in [0.15, 0.2) is 11.7 Å². The molecule has 0 spiro atoms. The van der Waals surface area contributed by atoms with Crippen LogP contribution in [-0.2, 0) is 0 Å². The summed E-state index contributed by atoms with van der Waals surface area (Å²) in [5, 5.41) is 0. The number of halogens is 2. The Morgan fingerprint density at radius 1 is 1.33 bits per heavy atom. The molecule has 0 radical (unpaired) electrons. The number of hydrogen-bond donors (Lipinski definition) is 0. The first-order chi connectivity index (χ1) is 5.41. The summed E-state index contributed by atoms with van der Waals surface area (Å²) in [5.41, 5.74) is 0.321. The summed E-state index contributed by atoms with van der Waals surface area (Å²) in [4.78, 5) is 2.07. The second kappa shape index (κ2) is 3.13. The summed E-state index contributed by atoms with van der Waals surface area (Å²) in [5.74, 6) is 0. The van der Waals surface area contributed by atoms with Gasteiger partial charge in [-0.25, -0.2) is 0 Å². The van der Waals surface area contributed by atoms with Crippen molar-refractivity contribution in [1.29, 1.82) is 0 Å². The summed E-state index contributed by atoms with van der Waals surface area (Å²) in [7, 11) is 0. The average molecular weight is 175 g/mol. The van der Waals surface area contributed by atoms with Crippen LogP contribution in [0.25, 0.3) is 0 Å². The van der Waals surface area contributed by atoms with Crippen LogP contribution in [0.3, 0.4) is 0 Å². The van der Waals surface area contributed by atoms with Crippen LogP contribution in [0, 0.1) is 0 Å². The van der Waals surface area contributed by atoms with Crippen molar-refractivity contribution in [3.8, 4) is 0 Å². The monoisotopic (exact) mass is 175 g/mol. The average Bonchev–Trinajstić information content (AvgIpc) is 2.30. The van der Waals surface area contributed by atoms with Gasteiger partial charge in [0.15, 0.2) is 0 Å². The fourth-order valence-corrected chi connectivity index (χ4v) is 1.39. The Balaban J connectivity index is 2.64. The molecule has 0 aromatic rings. The molecule has 70 valence electrons. The molecule has 1 nitrogen and oxygen atoms in total. The van der Waals surface area contributed by atoms with Gasteiger partial charge in [0.2, 0.25) is 0 Å². The predicted molar refractivity (Wildman–Crippen MR) is 45.2 cm³/mol. The van der Waals surface area contributed by atoms with Gasteiger partial charge in [-0.15, -0.1) is 0 Å². The summed E-state index contributed by atoms with van der Waals surface area (Å²) in [6.07, 6.45) is -0.957. The first-order valence-electron chi connectivity index (χ1n) is 4.19. The highest BCUT2D eigenvalue weighted by molar-refractivity contribution is 5.11. The zero-order chi connectivity index (χ0) is 9.35. The third-order valence-corrected chi connectivity index (χ3v) is 2.28. The van der Waals surface area contributed by atoms with Gasteiger partial charge in [0, 0.05) is 24.2 Å². The zero-order valence-electron chi connectivity index (χ0n) is 7.82. The van der Waals surface area contributed by atoms with E-state index < -0.39 is 6.08 Å². The third-order valence-electron chi connectivity index (χ3n) is 2.28. The molecule has 1 aliphatic rings. The lowest BCUT2D eigenvalue weighted by atomic mass is 10.1. The second-order valence-corrected chi connectivity index (χ2v) is 4.21. The van der Waals surface area contributed by atoms with Crippen molar-refractivity contribution >= 4 is 0 Å². The lowest BCUT2D eigenvalue weighted by Crippen LogP contribution is -2.38. The van der Waals surface area contributed by atoms with Gasteiger partial charge in [0.25, 0.3) is 6.08 Å². The smallest absolute Gasteiger partial charge is 0.270 e. The topological polar surface area (TPSA) is 3.24 Å². The lowest BCUT2D eigenvalue weighted by molar-refractivity contribution is 0.178. The largest absolute Gasteiger partial charge is 0.294 e. The van der Waals surface area contributed by atoms with Gasteiger partial charge in [-0.05, 0) is 27.2 Å². The molecule has 1 rings (SSSR count). The molecule has 3 heteroatoms. The molecule has 0 amide bonds. The van der Waals surface area contributed by atoms with Crippen LogP contribution in [0.1, 0.15) is 27.2 Å². The fraction of sp³-hybridized carbons (Fsp3) is 0.778. The molecule has 12 heavy (non-hydrogen) atoms. The van der Waals surface area contributed by atoms with Crippen molar-refractivity contribution in [3.63, 3.8) is 0 Å². The highest BCUT2D eigenvalue weighted by Gasteiger charge is 2.28. The molecule has 1 fully saturated rings. The molecule has 0 unspecified atom stereocenters. The van der Waals surface area contributed by atoms with Gasteiger partial charge >= 0.3 is 0 Å². The van der Waals surface area contributed by atoms with Crippen molar-refractivity contribution < 1.29 is 8.78 Å². The van der Waals surface area contributed by atoms with Gasteiger partial charge in [-0.1, -0.05) is 0 Å². The Labute approximate surface area is 72.1 Å². The molecule has 0 aromatic carbocycles. The molecule has 0 aromatic heterocycles. The van der Waals surface area contributed by atoms with E-state index in [0.29, 0.717) is 18.5 Å². The normalized spacial score (nSPS) is 20.2. The maximum absolute atomic E-state index is 12.2. The quantitative estimate of drug-likeness (QED) is 0.547. The van der Waals surface area contributed by atoms with E-state index in [1.807, 2.05) is 20.8 Å². The van der Waals surface area contributed by atoms with Crippen LogP contribution >= 0.6 is 0 Å². The van der Waals surface area contributed by atoms with E-state index in [4.69, 9.17) is 0 Å². The number of nitrogens with zero attached hydrogens (tertiary/aromatic N) is 1. The summed E-state index contributed by atoms with van der Waals surface area (Å²) < 4.78 is 24.3. The van der Waals surface area contributed by atoms with Crippen LogP contribution < -0.4 is 0 Å². The van der Waals surface area contributed by atoms with Gasteiger partial charge in [0.1, 0.15) is 0 Å². The first kappa shape index (κ1) is 9.65. The zero-order valence-corrected chi connectivity index (χ0v) is 7.82. The van der Waals surface area contributed by atoms with Crippen molar-refractivity contribution in [3.05, 3.63) is 11.7 Å². The maximum atomic E-state index is 12.2. The molecule has 1 heterocycles. The van der Waals surface area contributed by atoms with Gasteiger partial charge in [-0.2, -0.15) is 8.78 Å². The SMILES string of the molecule is CC(C)(C)N1CCC(=C(F)F)C1. The van der Waals surface area contributed by atoms with E-state index in [1.54, 1.807) is 0 Å². The van der Waals surface area contributed by atoms with Gasteiger partial charge in [0.05, 0.1) is 0 Å². The summed E-state index contributed by atoms with van der Waals surface area (Å²) in [6.45, 7) is 7.34. The van der Waals surface area contributed by atoms with Gasteiger partial charge < -0.3 is 0 Å².